The maximum atomic E-state index is 12.6. The number of nitrogens with one attached hydrogen (secondary N) is 1. The highest BCUT2D eigenvalue weighted by molar-refractivity contribution is 7.90. The molecule has 152 valence electrons. The molecule has 1 aliphatic heterocycles. The van der Waals surface area contributed by atoms with E-state index in [-0.39, 0.29) is 16.9 Å². The first-order chi connectivity index (χ1) is 13.0. The molecule has 3 rings (SSSR count). The van der Waals surface area contributed by atoms with Crippen LogP contribution in [0.5, 0.6) is 0 Å². The van der Waals surface area contributed by atoms with Crippen LogP contribution in [0.1, 0.15) is 29.0 Å². The lowest BCUT2D eigenvalue weighted by molar-refractivity contribution is -0.137. The average Bonchev–Trinajstić information content (AvgIpc) is 3.12. The molecule has 7 nitrogen and oxygen atoms in total. The minimum atomic E-state index is -4.42. The van der Waals surface area contributed by atoms with Crippen LogP contribution in [0.3, 0.4) is 0 Å². The summed E-state index contributed by atoms with van der Waals surface area (Å²) in [6, 6.07) is 4.69. The molecule has 0 bridgehead atoms. The highest BCUT2D eigenvalue weighted by atomic mass is 32.2. The van der Waals surface area contributed by atoms with Crippen LogP contribution in [-0.2, 0) is 16.0 Å². The monoisotopic (exact) mass is 417 g/mol. The van der Waals surface area contributed by atoms with Gasteiger partial charge in [0.15, 0.2) is 5.76 Å². The van der Waals surface area contributed by atoms with E-state index in [0.29, 0.717) is 31.7 Å². The zero-order valence-corrected chi connectivity index (χ0v) is 15.7. The van der Waals surface area contributed by atoms with Gasteiger partial charge in [-0.1, -0.05) is 0 Å². The number of hydrogen-bond donors (Lipinski definition) is 1. The number of hydrogen-bond acceptors (Lipinski definition) is 6. The Balaban J connectivity index is 1.55. The Morgan fingerprint density at radius 2 is 1.89 bits per heavy atom. The summed E-state index contributed by atoms with van der Waals surface area (Å²) >= 11 is 0. The lowest BCUT2D eigenvalue weighted by Crippen LogP contribution is -2.44. The molecule has 0 aromatic carbocycles. The Labute approximate surface area is 159 Å². The van der Waals surface area contributed by atoms with Crippen LogP contribution in [-0.4, -0.2) is 44.7 Å². The predicted molar refractivity (Wildman–Crippen MR) is 93.8 cm³/mol. The molecule has 0 atom stereocenters. The Morgan fingerprint density at radius 1 is 1.21 bits per heavy atom. The summed E-state index contributed by atoms with van der Waals surface area (Å²) in [6.07, 6.45) is -1.51. The fraction of sp³-hybridized carbons (Fsp3) is 0.412. The van der Waals surface area contributed by atoms with Crippen LogP contribution >= 0.6 is 0 Å². The van der Waals surface area contributed by atoms with Crippen molar-refractivity contribution in [3.05, 3.63) is 41.8 Å². The van der Waals surface area contributed by atoms with Crippen molar-refractivity contribution >= 4 is 21.6 Å². The molecule has 1 N–H and O–H groups in total. The quantitative estimate of drug-likeness (QED) is 0.822. The van der Waals surface area contributed by atoms with E-state index in [4.69, 9.17) is 4.42 Å². The first-order valence-corrected chi connectivity index (χ1v) is 10.3. The van der Waals surface area contributed by atoms with Gasteiger partial charge in [0.1, 0.15) is 5.82 Å². The Bertz CT molecular complexity index is 947. The summed E-state index contributed by atoms with van der Waals surface area (Å²) in [4.78, 5) is 17.9. The number of nitrogens with zero attached hydrogens (tertiary/aromatic N) is 2. The molecule has 1 saturated heterocycles. The third-order valence-corrected chi connectivity index (χ3v) is 5.35. The number of halogens is 3. The van der Waals surface area contributed by atoms with Crippen LogP contribution in [0.25, 0.3) is 0 Å². The van der Waals surface area contributed by atoms with Gasteiger partial charge in [0, 0.05) is 31.6 Å². The summed E-state index contributed by atoms with van der Waals surface area (Å²) in [5.74, 6) is -0.158. The predicted octanol–water partition coefficient (Wildman–Crippen LogP) is 2.50. The first-order valence-electron chi connectivity index (χ1n) is 8.43. The SMILES string of the molecule is CS(=O)(=O)c1ccc(C(=O)NC2CCN(c3ccc(C(F)(F)F)cn3)CC2)o1. The number of furan rings is 1. The van der Waals surface area contributed by atoms with Crippen molar-refractivity contribution in [2.45, 2.75) is 30.2 Å². The Hall–Kier alpha value is -2.56. The van der Waals surface area contributed by atoms with Crippen LogP contribution in [0, 0.1) is 0 Å². The number of carbonyl (C=O) groups excluding carboxylic acids is 1. The molecule has 2 aromatic rings. The van der Waals surface area contributed by atoms with Crippen molar-refractivity contribution in [3.8, 4) is 0 Å². The summed E-state index contributed by atoms with van der Waals surface area (Å²) < 4.78 is 65.7. The largest absolute Gasteiger partial charge is 0.440 e. The zero-order valence-electron chi connectivity index (χ0n) is 14.9. The number of piperidine rings is 1. The van der Waals surface area contributed by atoms with Gasteiger partial charge in [-0.25, -0.2) is 13.4 Å². The third kappa shape index (κ3) is 4.64. The number of rotatable bonds is 4. The number of anilines is 1. The van der Waals surface area contributed by atoms with Gasteiger partial charge in [-0.2, -0.15) is 13.2 Å². The van der Waals surface area contributed by atoms with Crippen molar-refractivity contribution in [2.75, 3.05) is 24.2 Å². The van der Waals surface area contributed by atoms with E-state index >= 15 is 0 Å². The van der Waals surface area contributed by atoms with Gasteiger partial charge in [-0.3, -0.25) is 4.79 Å². The van der Waals surface area contributed by atoms with Gasteiger partial charge in [-0.15, -0.1) is 0 Å². The van der Waals surface area contributed by atoms with E-state index in [2.05, 4.69) is 10.3 Å². The third-order valence-electron chi connectivity index (χ3n) is 4.40. The van der Waals surface area contributed by atoms with Gasteiger partial charge in [-0.05, 0) is 37.1 Å². The molecule has 2 aromatic heterocycles. The van der Waals surface area contributed by atoms with Crippen LogP contribution in [0.4, 0.5) is 19.0 Å². The summed E-state index contributed by atoms with van der Waals surface area (Å²) in [5, 5.41) is 2.50. The molecule has 1 fully saturated rings. The molecule has 1 amide bonds. The molecule has 11 heteroatoms. The van der Waals surface area contributed by atoms with E-state index in [9.17, 15) is 26.4 Å². The minimum absolute atomic E-state index is 0.0905. The lowest BCUT2D eigenvalue weighted by Gasteiger charge is -2.33. The van der Waals surface area contributed by atoms with E-state index in [1.165, 1.54) is 18.2 Å². The van der Waals surface area contributed by atoms with Gasteiger partial charge in [0.2, 0.25) is 14.9 Å². The fourth-order valence-corrected chi connectivity index (χ4v) is 3.45. The number of aromatic nitrogens is 1. The second-order valence-corrected chi connectivity index (χ2v) is 8.48. The van der Waals surface area contributed by atoms with Crippen LogP contribution in [0.15, 0.2) is 40.0 Å². The Morgan fingerprint density at radius 3 is 2.39 bits per heavy atom. The number of alkyl halides is 3. The van der Waals surface area contributed by atoms with E-state index < -0.39 is 27.5 Å². The minimum Gasteiger partial charge on any atom is -0.440 e. The molecule has 0 spiro atoms. The number of pyridine rings is 1. The summed E-state index contributed by atoms with van der Waals surface area (Å²) in [5.41, 5.74) is -0.801. The van der Waals surface area contributed by atoms with Crippen molar-refractivity contribution in [3.63, 3.8) is 0 Å². The fourth-order valence-electron chi connectivity index (χ4n) is 2.89. The molecule has 3 heterocycles. The molecular formula is C17H18F3N3O4S. The summed E-state index contributed by atoms with van der Waals surface area (Å²) in [7, 11) is -3.53. The topological polar surface area (TPSA) is 92.5 Å². The second kappa shape index (κ2) is 7.46. The van der Waals surface area contributed by atoms with Crippen molar-refractivity contribution in [1.82, 2.24) is 10.3 Å². The molecule has 0 aliphatic carbocycles. The van der Waals surface area contributed by atoms with E-state index in [1.807, 2.05) is 4.90 Å². The van der Waals surface area contributed by atoms with E-state index in [0.717, 1.165) is 18.5 Å². The molecule has 1 aliphatic rings. The zero-order chi connectivity index (χ0) is 20.5. The second-order valence-electron chi connectivity index (χ2n) is 6.53. The van der Waals surface area contributed by atoms with Gasteiger partial charge in [0.05, 0.1) is 5.56 Å². The van der Waals surface area contributed by atoms with Crippen molar-refractivity contribution < 1.29 is 30.8 Å². The number of amides is 1. The molecule has 0 saturated carbocycles. The molecule has 28 heavy (non-hydrogen) atoms. The maximum absolute atomic E-state index is 12.6. The number of sulfone groups is 1. The lowest BCUT2D eigenvalue weighted by atomic mass is 10.0. The van der Waals surface area contributed by atoms with Crippen LogP contribution < -0.4 is 10.2 Å². The highest BCUT2D eigenvalue weighted by Crippen LogP contribution is 2.29. The highest BCUT2D eigenvalue weighted by Gasteiger charge is 2.31. The van der Waals surface area contributed by atoms with Gasteiger partial charge in [0.25, 0.3) is 5.91 Å². The maximum Gasteiger partial charge on any atom is 0.417 e. The molecular weight excluding hydrogens is 399 g/mol. The van der Waals surface area contributed by atoms with Gasteiger partial charge < -0.3 is 14.6 Å². The normalized spacial score (nSPS) is 16.2. The smallest absolute Gasteiger partial charge is 0.417 e. The van der Waals surface area contributed by atoms with Crippen LogP contribution in [0.2, 0.25) is 0 Å². The van der Waals surface area contributed by atoms with Gasteiger partial charge >= 0.3 is 6.18 Å². The Kier molecular flexibility index (Phi) is 5.37. The number of carbonyl (C=O) groups is 1. The first kappa shape index (κ1) is 20.2. The average molecular weight is 417 g/mol. The van der Waals surface area contributed by atoms with Crippen molar-refractivity contribution in [2.24, 2.45) is 0 Å². The summed E-state index contributed by atoms with van der Waals surface area (Å²) in [6.45, 7) is 1.02. The molecule has 0 unspecified atom stereocenters. The van der Waals surface area contributed by atoms with E-state index in [1.54, 1.807) is 0 Å². The van der Waals surface area contributed by atoms with Crippen molar-refractivity contribution in [1.29, 1.82) is 0 Å². The molecule has 0 radical (unpaired) electrons. The standard InChI is InChI=1S/C17H18F3N3O4S/c1-28(25,26)15-5-3-13(27-15)16(24)22-12-6-8-23(9-7-12)14-4-2-11(10-21-14)17(18,19)20/h2-5,10,12H,6-9H2,1H3,(H,22,24).